The van der Waals surface area contributed by atoms with Crippen molar-refractivity contribution < 1.29 is 0 Å². The molecule has 5 rings (SSSR count). The molecule has 2 aliphatic rings. The molecule has 0 saturated carbocycles. The second-order valence-corrected chi connectivity index (χ2v) is 9.18. The summed E-state index contributed by atoms with van der Waals surface area (Å²) in [6.07, 6.45) is 7.13. The molecule has 0 aliphatic carbocycles. The number of nitrogens with zero attached hydrogens (tertiary/aromatic N) is 6. The van der Waals surface area contributed by atoms with Crippen molar-refractivity contribution in [2.45, 2.75) is 35.3 Å². The Kier molecular flexibility index (Phi) is 4.72. The Bertz CT molecular complexity index is 1090. The first-order valence-corrected chi connectivity index (χ1v) is 10.9. The second-order valence-electron chi connectivity index (χ2n) is 7.77. The minimum Gasteiger partial charge on any atom is -0.382 e. The molecule has 5 heterocycles. The van der Waals surface area contributed by atoms with Gasteiger partial charge >= 0.3 is 0 Å². The highest BCUT2D eigenvalue weighted by molar-refractivity contribution is 7.99. The van der Waals surface area contributed by atoms with E-state index in [0.717, 1.165) is 48.9 Å². The van der Waals surface area contributed by atoms with Crippen molar-refractivity contribution in [1.29, 1.82) is 0 Å². The monoisotopic (exact) mass is 443 g/mol. The number of aromatic nitrogens is 5. The molecule has 3 aromatic heterocycles. The first-order chi connectivity index (χ1) is 14.5. The van der Waals surface area contributed by atoms with Gasteiger partial charge in [-0.25, -0.2) is 15.0 Å². The van der Waals surface area contributed by atoms with Crippen LogP contribution in [0.3, 0.4) is 0 Å². The molecule has 1 atom stereocenters. The van der Waals surface area contributed by atoms with Gasteiger partial charge in [-0.15, -0.1) is 0 Å². The molecule has 11 heteroatoms. The Morgan fingerprint density at radius 2 is 1.90 bits per heavy atom. The lowest BCUT2D eigenvalue weighted by molar-refractivity contribution is 0.170. The molecule has 0 amide bonds. The van der Waals surface area contributed by atoms with Crippen LogP contribution in [-0.2, 0) is 6.54 Å². The topological polar surface area (TPSA) is 138 Å². The predicted octanol–water partition coefficient (Wildman–Crippen LogP) is 2.34. The molecular formula is C19H22ClN9S. The molecule has 9 nitrogen and oxygen atoms in total. The van der Waals surface area contributed by atoms with Gasteiger partial charge in [0, 0.05) is 42.3 Å². The molecule has 6 N–H and O–H groups in total. The maximum atomic E-state index is 6.57. The number of anilines is 3. The van der Waals surface area contributed by atoms with Crippen molar-refractivity contribution in [3.63, 3.8) is 0 Å². The number of halogens is 1. The van der Waals surface area contributed by atoms with E-state index in [1.165, 1.54) is 11.8 Å². The van der Waals surface area contributed by atoms with Gasteiger partial charge in [0.1, 0.15) is 16.7 Å². The van der Waals surface area contributed by atoms with Crippen molar-refractivity contribution in [3.8, 4) is 0 Å². The lowest BCUT2D eigenvalue weighted by atomic mass is 9.73. The molecule has 1 spiro atoms. The third-order valence-electron chi connectivity index (χ3n) is 6.11. The van der Waals surface area contributed by atoms with Crippen LogP contribution in [-0.4, -0.2) is 37.8 Å². The molecule has 0 unspecified atom stereocenters. The van der Waals surface area contributed by atoms with Gasteiger partial charge in [0.15, 0.2) is 5.82 Å². The Morgan fingerprint density at radius 1 is 1.10 bits per heavy atom. The van der Waals surface area contributed by atoms with E-state index in [4.69, 9.17) is 28.8 Å². The summed E-state index contributed by atoms with van der Waals surface area (Å²) in [6, 6.07) is 3.82. The molecule has 30 heavy (non-hydrogen) atoms. The number of pyridine rings is 1. The standard InChI is InChI=1S/C19H22ClN9S/c20-14-12(2-5-24-16(14)22)30-18-17(23)27-13(9-25-18)28-7-3-19(4-8-28)10-29-11(15(19)21)1-6-26-29/h1-2,5-6,9,15H,3-4,7-8,10,21H2,(H2,22,24)(H2,23,27)/t15-/m1/s1. The fourth-order valence-electron chi connectivity index (χ4n) is 4.34. The van der Waals surface area contributed by atoms with Crippen LogP contribution >= 0.6 is 23.4 Å². The lowest BCUT2D eigenvalue weighted by Crippen LogP contribution is -2.45. The molecule has 0 radical (unpaired) electrons. The third-order valence-corrected chi connectivity index (χ3v) is 7.69. The van der Waals surface area contributed by atoms with Crippen LogP contribution in [0.1, 0.15) is 24.6 Å². The minimum absolute atomic E-state index is 0.0228. The van der Waals surface area contributed by atoms with Gasteiger partial charge in [0.25, 0.3) is 0 Å². The summed E-state index contributed by atoms with van der Waals surface area (Å²) in [6.45, 7) is 2.58. The van der Waals surface area contributed by atoms with Crippen molar-refractivity contribution in [3.05, 3.63) is 41.4 Å². The van der Waals surface area contributed by atoms with Gasteiger partial charge < -0.3 is 22.1 Å². The SMILES string of the molecule is Nc1nc(N2CCC3(CC2)Cn2nccc2[C@H]3N)cnc1Sc1ccnc(N)c1Cl. The largest absolute Gasteiger partial charge is 0.382 e. The highest BCUT2D eigenvalue weighted by Crippen LogP contribution is 2.48. The molecule has 2 aliphatic heterocycles. The normalized spacial score (nSPS) is 19.9. The van der Waals surface area contributed by atoms with Crippen LogP contribution in [0.2, 0.25) is 5.02 Å². The van der Waals surface area contributed by atoms with Gasteiger partial charge in [0.05, 0.1) is 23.0 Å². The Morgan fingerprint density at radius 3 is 2.63 bits per heavy atom. The minimum atomic E-state index is 0.0228. The fourth-order valence-corrected chi connectivity index (χ4v) is 5.35. The van der Waals surface area contributed by atoms with E-state index in [1.54, 1.807) is 18.5 Å². The summed E-state index contributed by atoms with van der Waals surface area (Å²) in [5.74, 6) is 1.41. The zero-order chi connectivity index (χ0) is 20.9. The fraction of sp³-hybridized carbons (Fsp3) is 0.368. The highest BCUT2D eigenvalue weighted by Gasteiger charge is 2.47. The number of nitrogens with two attached hydrogens (primary N) is 3. The third kappa shape index (κ3) is 3.15. The van der Waals surface area contributed by atoms with E-state index in [1.807, 2.05) is 16.9 Å². The van der Waals surface area contributed by atoms with Gasteiger partial charge in [-0.2, -0.15) is 5.10 Å². The zero-order valence-corrected chi connectivity index (χ0v) is 17.8. The van der Waals surface area contributed by atoms with E-state index in [9.17, 15) is 0 Å². The summed E-state index contributed by atoms with van der Waals surface area (Å²) in [5, 5.41) is 5.38. The number of piperidine rings is 1. The number of hydrogen-bond donors (Lipinski definition) is 3. The number of fused-ring (bicyclic) bond motifs is 1. The van der Waals surface area contributed by atoms with Crippen molar-refractivity contribution in [1.82, 2.24) is 24.7 Å². The number of hydrogen-bond acceptors (Lipinski definition) is 9. The summed E-state index contributed by atoms with van der Waals surface area (Å²) >= 11 is 7.55. The molecule has 3 aromatic rings. The average molecular weight is 444 g/mol. The Balaban J connectivity index is 1.29. The molecule has 0 bridgehead atoms. The van der Waals surface area contributed by atoms with E-state index in [2.05, 4.69) is 25.0 Å². The van der Waals surface area contributed by atoms with Gasteiger partial charge in [-0.05, 0) is 25.0 Å². The van der Waals surface area contributed by atoms with Crippen LogP contribution in [0.25, 0.3) is 0 Å². The summed E-state index contributed by atoms with van der Waals surface area (Å²) in [5.41, 5.74) is 19.7. The second kappa shape index (κ2) is 7.29. The summed E-state index contributed by atoms with van der Waals surface area (Å²) in [7, 11) is 0. The quantitative estimate of drug-likeness (QED) is 0.556. The van der Waals surface area contributed by atoms with Gasteiger partial charge in [0.2, 0.25) is 0 Å². The first-order valence-electron chi connectivity index (χ1n) is 9.69. The van der Waals surface area contributed by atoms with Crippen molar-refractivity contribution >= 4 is 40.8 Å². The highest BCUT2D eigenvalue weighted by atomic mass is 35.5. The van der Waals surface area contributed by atoms with Crippen molar-refractivity contribution in [2.75, 3.05) is 29.5 Å². The first kappa shape index (κ1) is 19.4. The van der Waals surface area contributed by atoms with Gasteiger partial charge in [-0.1, -0.05) is 23.4 Å². The maximum Gasteiger partial charge on any atom is 0.158 e. The summed E-state index contributed by atoms with van der Waals surface area (Å²) < 4.78 is 2.04. The Labute approximate surface area is 183 Å². The van der Waals surface area contributed by atoms with Crippen LogP contribution in [0.4, 0.5) is 17.5 Å². The molecule has 0 aromatic carbocycles. The van der Waals surface area contributed by atoms with Crippen LogP contribution in [0, 0.1) is 5.41 Å². The van der Waals surface area contributed by atoms with E-state index < -0.39 is 0 Å². The molecular weight excluding hydrogens is 422 g/mol. The maximum absolute atomic E-state index is 6.57. The molecule has 1 fully saturated rings. The van der Waals surface area contributed by atoms with E-state index >= 15 is 0 Å². The van der Waals surface area contributed by atoms with Crippen molar-refractivity contribution in [2.24, 2.45) is 11.1 Å². The van der Waals surface area contributed by atoms with Crippen LogP contribution < -0.4 is 22.1 Å². The smallest absolute Gasteiger partial charge is 0.158 e. The van der Waals surface area contributed by atoms with Crippen LogP contribution in [0.15, 0.2) is 40.6 Å². The van der Waals surface area contributed by atoms with Gasteiger partial charge in [-0.3, -0.25) is 4.68 Å². The predicted molar refractivity (Wildman–Crippen MR) is 117 cm³/mol. The van der Waals surface area contributed by atoms with E-state index in [0.29, 0.717) is 15.9 Å². The average Bonchev–Trinajstić information content (AvgIpc) is 3.29. The molecule has 156 valence electrons. The lowest BCUT2D eigenvalue weighted by Gasteiger charge is -2.41. The Hall–Kier alpha value is -2.56. The summed E-state index contributed by atoms with van der Waals surface area (Å²) in [4.78, 5) is 16.0. The molecule has 1 saturated heterocycles. The van der Waals surface area contributed by atoms with E-state index in [-0.39, 0.29) is 17.3 Å². The van der Waals surface area contributed by atoms with Crippen LogP contribution in [0.5, 0.6) is 0 Å². The number of rotatable bonds is 3. The number of nitrogen functional groups attached to an aromatic ring is 2. The zero-order valence-electron chi connectivity index (χ0n) is 16.2.